The normalized spacial score (nSPS) is 17.1. The molecule has 2 aromatic carbocycles. The molecular weight excluding hydrogens is 357 g/mol. The van der Waals surface area contributed by atoms with Crippen molar-refractivity contribution in [3.05, 3.63) is 66.0 Å². The summed E-state index contributed by atoms with van der Waals surface area (Å²) in [6.07, 6.45) is 1.72. The van der Waals surface area contributed by atoms with Crippen LogP contribution in [-0.4, -0.2) is 48.3 Å². The van der Waals surface area contributed by atoms with E-state index in [4.69, 9.17) is 0 Å². The van der Waals surface area contributed by atoms with Crippen molar-refractivity contribution in [2.75, 3.05) is 32.0 Å². The summed E-state index contributed by atoms with van der Waals surface area (Å²) in [7, 11) is 1.75. The Kier molecular flexibility index (Phi) is 6.76. The quantitative estimate of drug-likeness (QED) is 0.834. The number of nitrogens with zero attached hydrogens (tertiary/aromatic N) is 2. The van der Waals surface area contributed by atoms with E-state index in [1.54, 1.807) is 24.1 Å². The first kappa shape index (κ1) is 20.0. The number of carbonyl (C=O) groups excluding carboxylic acids is 2. The second-order valence-corrected chi connectivity index (χ2v) is 7.31. The van der Waals surface area contributed by atoms with Crippen molar-refractivity contribution in [3.63, 3.8) is 0 Å². The number of hydrogen-bond acceptors (Lipinski definition) is 3. The molecule has 0 aromatic heterocycles. The van der Waals surface area contributed by atoms with Gasteiger partial charge in [0.1, 0.15) is 5.82 Å². The van der Waals surface area contributed by atoms with Gasteiger partial charge >= 0.3 is 0 Å². The van der Waals surface area contributed by atoms with Gasteiger partial charge in [0, 0.05) is 25.8 Å². The predicted molar refractivity (Wildman–Crippen MR) is 107 cm³/mol. The maximum Gasteiger partial charge on any atom is 0.236 e. The van der Waals surface area contributed by atoms with E-state index in [-0.39, 0.29) is 30.1 Å². The Bertz CT molecular complexity index is 795. The predicted octanol–water partition coefficient (Wildman–Crippen LogP) is 3.13. The Morgan fingerprint density at radius 1 is 1.14 bits per heavy atom. The summed E-state index contributed by atoms with van der Waals surface area (Å²) in [6.45, 7) is 2.11. The van der Waals surface area contributed by atoms with Gasteiger partial charge in [0.15, 0.2) is 0 Å². The van der Waals surface area contributed by atoms with E-state index in [1.807, 2.05) is 35.2 Å². The molecule has 1 saturated heterocycles. The van der Waals surface area contributed by atoms with Gasteiger partial charge in [-0.05, 0) is 49.2 Å². The van der Waals surface area contributed by atoms with Crippen molar-refractivity contribution in [1.82, 2.24) is 9.80 Å². The SMILES string of the molecule is CN(Cc1ccc(F)cc1)C(=O)CN1CCCC(C(=O)Nc2ccccc2)C1. The molecule has 0 saturated carbocycles. The molecule has 1 fully saturated rings. The number of hydrogen-bond donors (Lipinski definition) is 1. The van der Waals surface area contributed by atoms with Crippen LogP contribution in [0.3, 0.4) is 0 Å². The van der Waals surface area contributed by atoms with Crippen molar-refractivity contribution < 1.29 is 14.0 Å². The van der Waals surface area contributed by atoms with E-state index < -0.39 is 0 Å². The molecule has 148 valence electrons. The third kappa shape index (κ3) is 5.63. The number of likely N-dealkylation sites (tertiary alicyclic amines) is 1. The molecule has 1 N–H and O–H groups in total. The second-order valence-electron chi connectivity index (χ2n) is 7.31. The highest BCUT2D eigenvalue weighted by Gasteiger charge is 2.27. The topological polar surface area (TPSA) is 52.7 Å². The summed E-state index contributed by atoms with van der Waals surface area (Å²) in [4.78, 5) is 28.8. The van der Waals surface area contributed by atoms with Crippen LogP contribution in [0.1, 0.15) is 18.4 Å². The third-order valence-corrected chi connectivity index (χ3v) is 5.04. The largest absolute Gasteiger partial charge is 0.340 e. The minimum absolute atomic E-state index is 0.00279. The van der Waals surface area contributed by atoms with Crippen LogP contribution in [0.15, 0.2) is 54.6 Å². The smallest absolute Gasteiger partial charge is 0.236 e. The molecule has 1 unspecified atom stereocenters. The van der Waals surface area contributed by atoms with Crippen molar-refractivity contribution in [2.45, 2.75) is 19.4 Å². The van der Waals surface area contributed by atoms with Gasteiger partial charge in [-0.25, -0.2) is 4.39 Å². The summed E-state index contributed by atoms with van der Waals surface area (Å²) in [5, 5.41) is 2.95. The number of piperidine rings is 1. The number of nitrogens with one attached hydrogen (secondary N) is 1. The van der Waals surface area contributed by atoms with Crippen LogP contribution in [0.4, 0.5) is 10.1 Å². The van der Waals surface area contributed by atoms with Gasteiger partial charge in [0.05, 0.1) is 12.5 Å². The average Bonchev–Trinajstić information content (AvgIpc) is 2.70. The Hall–Kier alpha value is -2.73. The highest BCUT2D eigenvalue weighted by atomic mass is 19.1. The molecule has 28 heavy (non-hydrogen) atoms. The number of anilines is 1. The third-order valence-electron chi connectivity index (χ3n) is 5.04. The van der Waals surface area contributed by atoms with Crippen LogP contribution >= 0.6 is 0 Å². The molecule has 1 heterocycles. The number of amides is 2. The van der Waals surface area contributed by atoms with E-state index in [9.17, 15) is 14.0 Å². The van der Waals surface area contributed by atoms with E-state index in [2.05, 4.69) is 5.32 Å². The van der Waals surface area contributed by atoms with Crippen LogP contribution in [0.5, 0.6) is 0 Å². The Morgan fingerprint density at radius 3 is 2.57 bits per heavy atom. The van der Waals surface area contributed by atoms with Gasteiger partial charge in [-0.3, -0.25) is 14.5 Å². The summed E-state index contributed by atoms with van der Waals surface area (Å²) in [6, 6.07) is 15.6. The van der Waals surface area contributed by atoms with E-state index >= 15 is 0 Å². The Labute approximate surface area is 165 Å². The molecule has 1 atom stereocenters. The molecule has 3 rings (SSSR count). The first-order valence-electron chi connectivity index (χ1n) is 9.58. The second kappa shape index (κ2) is 9.46. The van der Waals surface area contributed by atoms with Crippen LogP contribution in [-0.2, 0) is 16.1 Å². The standard InChI is InChI=1S/C22H26FN3O2/c1-25(14-17-9-11-19(23)12-10-17)21(27)16-26-13-5-6-18(15-26)22(28)24-20-7-3-2-4-8-20/h2-4,7-12,18H,5-6,13-16H2,1H3,(H,24,28). The monoisotopic (exact) mass is 383 g/mol. The van der Waals surface area contributed by atoms with Gasteiger partial charge in [0.25, 0.3) is 0 Å². The minimum Gasteiger partial charge on any atom is -0.340 e. The van der Waals surface area contributed by atoms with Gasteiger partial charge in [-0.2, -0.15) is 0 Å². The van der Waals surface area contributed by atoms with E-state index in [0.29, 0.717) is 13.1 Å². The Morgan fingerprint density at radius 2 is 1.86 bits per heavy atom. The van der Waals surface area contributed by atoms with E-state index in [0.717, 1.165) is 30.6 Å². The fourth-order valence-corrected chi connectivity index (χ4v) is 3.44. The number of likely N-dealkylation sites (N-methyl/N-ethyl adjacent to an activating group) is 1. The molecule has 6 heteroatoms. The molecule has 0 bridgehead atoms. The zero-order valence-electron chi connectivity index (χ0n) is 16.1. The summed E-state index contributed by atoms with van der Waals surface area (Å²) in [5.41, 5.74) is 1.68. The number of rotatable bonds is 6. The highest BCUT2D eigenvalue weighted by Crippen LogP contribution is 2.19. The van der Waals surface area contributed by atoms with E-state index in [1.165, 1.54) is 12.1 Å². The van der Waals surface area contributed by atoms with Crippen molar-refractivity contribution >= 4 is 17.5 Å². The maximum absolute atomic E-state index is 13.0. The zero-order chi connectivity index (χ0) is 19.9. The number of para-hydroxylation sites is 1. The van der Waals surface area contributed by atoms with Crippen molar-refractivity contribution in [2.24, 2.45) is 5.92 Å². The van der Waals surface area contributed by atoms with Crippen LogP contribution in [0, 0.1) is 11.7 Å². The fraction of sp³-hybridized carbons (Fsp3) is 0.364. The molecule has 5 nitrogen and oxygen atoms in total. The number of benzene rings is 2. The number of carbonyl (C=O) groups is 2. The highest BCUT2D eigenvalue weighted by molar-refractivity contribution is 5.92. The minimum atomic E-state index is -0.286. The maximum atomic E-state index is 13.0. The van der Waals surface area contributed by atoms with Crippen molar-refractivity contribution in [3.8, 4) is 0 Å². The average molecular weight is 383 g/mol. The first-order chi connectivity index (χ1) is 13.5. The molecule has 2 amide bonds. The van der Waals surface area contributed by atoms with Gasteiger partial charge in [-0.15, -0.1) is 0 Å². The lowest BCUT2D eigenvalue weighted by atomic mass is 9.97. The number of halogens is 1. The summed E-state index contributed by atoms with van der Waals surface area (Å²) >= 11 is 0. The van der Waals surface area contributed by atoms with Gasteiger partial charge in [-0.1, -0.05) is 30.3 Å². The lowest BCUT2D eigenvalue weighted by Gasteiger charge is -2.32. The van der Waals surface area contributed by atoms with Crippen LogP contribution in [0.25, 0.3) is 0 Å². The van der Waals surface area contributed by atoms with Crippen LogP contribution in [0.2, 0.25) is 0 Å². The summed E-state index contributed by atoms with van der Waals surface area (Å²) < 4.78 is 13.0. The first-order valence-corrected chi connectivity index (χ1v) is 9.58. The molecule has 1 aliphatic heterocycles. The molecular formula is C22H26FN3O2. The molecule has 0 aliphatic carbocycles. The molecule has 2 aromatic rings. The fourth-order valence-electron chi connectivity index (χ4n) is 3.44. The molecule has 0 radical (unpaired) electrons. The molecule has 1 aliphatic rings. The Balaban J connectivity index is 1.50. The lowest BCUT2D eigenvalue weighted by molar-refractivity contribution is -0.133. The lowest BCUT2D eigenvalue weighted by Crippen LogP contribution is -2.45. The summed E-state index contributed by atoms with van der Waals surface area (Å²) in [5.74, 6) is -0.411. The van der Waals surface area contributed by atoms with Crippen molar-refractivity contribution in [1.29, 1.82) is 0 Å². The molecule has 0 spiro atoms. The zero-order valence-corrected chi connectivity index (χ0v) is 16.1. The van der Waals surface area contributed by atoms with Crippen LogP contribution < -0.4 is 5.32 Å². The van der Waals surface area contributed by atoms with Gasteiger partial charge in [0.2, 0.25) is 11.8 Å². The van der Waals surface area contributed by atoms with Gasteiger partial charge < -0.3 is 10.2 Å².